The number of para-hydroxylation sites is 2. The summed E-state index contributed by atoms with van der Waals surface area (Å²) in [5.74, 6) is -0.152. The minimum atomic E-state index is -0.152. The number of pyridine rings is 1. The molecule has 0 aliphatic carbocycles. The maximum absolute atomic E-state index is 13.5. The number of nitrogens with zero attached hydrogens (tertiary/aromatic N) is 1. The van der Waals surface area contributed by atoms with Crippen LogP contribution in [0.2, 0.25) is 0 Å². The van der Waals surface area contributed by atoms with Gasteiger partial charge in [-0.25, -0.2) is 4.98 Å². The third-order valence-corrected chi connectivity index (χ3v) is 5.57. The van der Waals surface area contributed by atoms with Crippen LogP contribution in [0.25, 0.3) is 33.3 Å². The predicted octanol–water partition coefficient (Wildman–Crippen LogP) is 7.13. The van der Waals surface area contributed by atoms with E-state index in [4.69, 9.17) is 4.98 Å². The summed E-state index contributed by atoms with van der Waals surface area (Å²) in [5, 5.41) is 3.97. The van der Waals surface area contributed by atoms with Gasteiger partial charge in [-0.1, -0.05) is 96.6 Å². The fourth-order valence-corrected chi connectivity index (χ4v) is 3.89. The lowest BCUT2D eigenvalue weighted by molar-refractivity contribution is 0.102. The Hall–Kier alpha value is -4.24. The molecule has 0 aliphatic rings. The van der Waals surface area contributed by atoms with E-state index in [1.807, 2.05) is 97.1 Å². The van der Waals surface area contributed by atoms with Gasteiger partial charge in [0.15, 0.2) is 0 Å². The third kappa shape index (κ3) is 3.88. The van der Waals surface area contributed by atoms with E-state index < -0.39 is 0 Å². The summed E-state index contributed by atoms with van der Waals surface area (Å²) in [6, 6.07) is 35.8. The van der Waals surface area contributed by atoms with Gasteiger partial charge in [-0.3, -0.25) is 4.79 Å². The number of benzene rings is 4. The van der Waals surface area contributed by atoms with E-state index in [-0.39, 0.29) is 5.91 Å². The molecule has 0 saturated carbocycles. The van der Waals surface area contributed by atoms with Crippen molar-refractivity contribution in [2.75, 3.05) is 5.32 Å². The SMILES string of the molecule is Cc1ccc(-c2cc(C(=O)Nc3ccccc3-c3ccccc3)c3ccccc3n2)cc1. The zero-order valence-electron chi connectivity index (χ0n) is 17.7. The molecular formula is C29H22N2O. The zero-order chi connectivity index (χ0) is 21.9. The van der Waals surface area contributed by atoms with Crippen LogP contribution in [-0.2, 0) is 0 Å². The molecule has 0 radical (unpaired) electrons. The lowest BCUT2D eigenvalue weighted by atomic mass is 10.0. The predicted molar refractivity (Wildman–Crippen MR) is 132 cm³/mol. The molecule has 3 heteroatoms. The summed E-state index contributed by atoms with van der Waals surface area (Å²) in [6.07, 6.45) is 0. The van der Waals surface area contributed by atoms with Crippen LogP contribution in [0.3, 0.4) is 0 Å². The number of rotatable bonds is 4. The highest BCUT2D eigenvalue weighted by atomic mass is 16.1. The quantitative estimate of drug-likeness (QED) is 0.340. The van der Waals surface area contributed by atoms with Crippen molar-refractivity contribution in [3.63, 3.8) is 0 Å². The van der Waals surface area contributed by atoms with Crippen LogP contribution in [0.4, 0.5) is 5.69 Å². The van der Waals surface area contributed by atoms with Crippen molar-refractivity contribution < 1.29 is 4.79 Å². The van der Waals surface area contributed by atoms with Gasteiger partial charge in [0.1, 0.15) is 0 Å². The Morgan fingerprint density at radius 2 is 1.41 bits per heavy atom. The number of nitrogens with one attached hydrogen (secondary N) is 1. The molecule has 0 atom stereocenters. The Bertz CT molecular complexity index is 1410. The second-order valence-electron chi connectivity index (χ2n) is 7.80. The van der Waals surface area contributed by atoms with Crippen molar-refractivity contribution in [2.24, 2.45) is 0 Å². The normalized spacial score (nSPS) is 10.8. The van der Waals surface area contributed by atoms with Gasteiger partial charge in [-0.15, -0.1) is 0 Å². The number of amides is 1. The van der Waals surface area contributed by atoms with Crippen LogP contribution in [0.1, 0.15) is 15.9 Å². The Kier molecular flexibility index (Phi) is 5.22. The van der Waals surface area contributed by atoms with Crippen LogP contribution in [0, 0.1) is 6.92 Å². The summed E-state index contributed by atoms with van der Waals surface area (Å²) in [6.45, 7) is 2.06. The summed E-state index contributed by atoms with van der Waals surface area (Å²) >= 11 is 0. The molecule has 1 aromatic heterocycles. The van der Waals surface area contributed by atoms with E-state index in [0.29, 0.717) is 5.56 Å². The van der Waals surface area contributed by atoms with Gasteiger partial charge in [0.25, 0.3) is 5.91 Å². The number of fused-ring (bicyclic) bond motifs is 1. The molecule has 0 saturated heterocycles. The van der Waals surface area contributed by atoms with Crippen LogP contribution in [-0.4, -0.2) is 10.9 Å². The number of anilines is 1. The highest BCUT2D eigenvalue weighted by molar-refractivity contribution is 6.14. The number of hydrogen-bond donors (Lipinski definition) is 1. The first-order valence-electron chi connectivity index (χ1n) is 10.6. The molecule has 0 fully saturated rings. The van der Waals surface area contributed by atoms with Crippen LogP contribution < -0.4 is 5.32 Å². The van der Waals surface area contributed by atoms with Crippen LogP contribution >= 0.6 is 0 Å². The zero-order valence-corrected chi connectivity index (χ0v) is 17.7. The van der Waals surface area contributed by atoms with Gasteiger partial charge in [0.2, 0.25) is 0 Å². The Labute approximate surface area is 187 Å². The third-order valence-electron chi connectivity index (χ3n) is 5.57. The van der Waals surface area contributed by atoms with Crippen molar-refractivity contribution in [1.82, 2.24) is 4.98 Å². The molecule has 0 bridgehead atoms. The lowest BCUT2D eigenvalue weighted by Crippen LogP contribution is -2.13. The second-order valence-corrected chi connectivity index (χ2v) is 7.80. The number of carbonyl (C=O) groups excluding carboxylic acids is 1. The molecule has 0 spiro atoms. The summed E-state index contributed by atoms with van der Waals surface area (Å²) in [5.41, 5.74) is 7.18. The van der Waals surface area contributed by atoms with E-state index in [2.05, 4.69) is 24.4 Å². The van der Waals surface area contributed by atoms with E-state index in [1.165, 1.54) is 5.56 Å². The van der Waals surface area contributed by atoms with Gasteiger partial charge in [0, 0.05) is 22.2 Å². The van der Waals surface area contributed by atoms with Crippen molar-refractivity contribution in [2.45, 2.75) is 6.92 Å². The number of aromatic nitrogens is 1. The van der Waals surface area contributed by atoms with Crippen LogP contribution in [0.15, 0.2) is 109 Å². The van der Waals surface area contributed by atoms with E-state index in [9.17, 15) is 4.79 Å². The summed E-state index contributed by atoms with van der Waals surface area (Å²) < 4.78 is 0. The topological polar surface area (TPSA) is 42.0 Å². The van der Waals surface area contributed by atoms with Crippen molar-refractivity contribution in [3.8, 4) is 22.4 Å². The number of hydrogen-bond acceptors (Lipinski definition) is 2. The molecule has 0 unspecified atom stereocenters. The minimum absolute atomic E-state index is 0.152. The average Bonchev–Trinajstić information content (AvgIpc) is 2.84. The largest absolute Gasteiger partial charge is 0.321 e. The molecule has 1 heterocycles. The van der Waals surface area contributed by atoms with E-state index >= 15 is 0 Å². The highest BCUT2D eigenvalue weighted by Crippen LogP contribution is 2.30. The number of aryl methyl sites for hydroxylation is 1. The fourth-order valence-electron chi connectivity index (χ4n) is 3.89. The molecular weight excluding hydrogens is 392 g/mol. The molecule has 5 rings (SSSR count). The van der Waals surface area contributed by atoms with E-state index in [0.717, 1.165) is 39.0 Å². The summed E-state index contributed by atoms with van der Waals surface area (Å²) in [4.78, 5) is 18.3. The van der Waals surface area contributed by atoms with E-state index in [1.54, 1.807) is 0 Å². The first-order valence-corrected chi connectivity index (χ1v) is 10.6. The van der Waals surface area contributed by atoms with Gasteiger partial charge in [-0.2, -0.15) is 0 Å². The lowest BCUT2D eigenvalue weighted by Gasteiger charge is -2.14. The molecule has 1 N–H and O–H groups in total. The molecule has 5 aromatic rings. The maximum atomic E-state index is 13.5. The second kappa shape index (κ2) is 8.48. The van der Waals surface area contributed by atoms with Crippen LogP contribution in [0.5, 0.6) is 0 Å². The Morgan fingerprint density at radius 1 is 0.719 bits per heavy atom. The van der Waals surface area contributed by atoms with Crippen molar-refractivity contribution in [1.29, 1.82) is 0 Å². The highest BCUT2D eigenvalue weighted by Gasteiger charge is 2.16. The first kappa shape index (κ1) is 19.7. The maximum Gasteiger partial charge on any atom is 0.256 e. The fraction of sp³-hybridized carbons (Fsp3) is 0.0345. The smallest absolute Gasteiger partial charge is 0.256 e. The van der Waals surface area contributed by atoms with Crippen molar-refractivity contribution >= 4 is 22.5 Å². The first-order chi connectivity index (χ1) is 15.7. The average molecular weight is 415 g/mol. The Morgan fingerprint density at radius 3 is 2.22 bits per heavy atom. The molecule has 32 heavy (non-hydrogen) atoms. The summed E-state index contributed by atoms with van der Waals surface area (Å²) in [7, 11) is 0. The standard InChI is InChI=1S/C29H22N2O/c1-20-15-17-22(18-16-20)28-19-25(24-12-6-8-14-27(24)30-28)29(32)31-26-13-7-5-11-23(26)21-9-3-2-4-10-21/h2-19H,1H3,(H,31,32). The molecule has 4 aromatic carbocycles. The molecule has 154 valence electrons. The molecule has 3 nitrogen and oxygen atoms in total. The van der Waals surface area contributed by atoms with Gasteiger partial charge < -0.3 is 5.32 Å². The Balaban J connectivity index is 1.58. The van der Waals surface area contributed by atoms with Gasteiger partial charge in [0.05, 0.1) is 16.8 Å². The van der Waals surface area contributed by atoms with Gasteiger partial charge >= 0.3 is 0 Å². The number of carbonyl (C=O) groups is 1. The molecule has 1 amide bonds. The van der Waals surface area contributed by atoms with Gasteiger partial charge in [-0.05, 0) is 30.7 Å². The van der Waals surface area contributed by atoms with Crippen molar-refractivity contribution in [3.05, 3.63) is 120 Å². The molecule has 0 aliphatic heterocycles. The monoisotopic (exact) mass is 414 g/mol. The minimum Gasteiger partial charge on any atom is -0.321 e.